The molecule has 0 saturated carbocycles. The summed E-state index contributed by atoms with van der Waals surface area (Å²) in [6, 6.07) is 9.22. The third-order valence-electron chi connectivity index (χ3n) is 11.6. The number of benzene rings is 1. The van der Waals surface area contributed by atoms with Gasteiger partial charge in [-0.3, -0.25) is 0 Å². The molecular formula is C52H67IN2. The number of anilines is 1. The van der Waals surface area contributed by atoms with Crippen LogP contribution in [-0.2, 0) is 0 Å². The van der Waals surface area contributed by atoms with Crippen molar-refractivity contribution < 1.29 is 0 Å². The highest BCUT2D eigenvalue weighted by Gasteiger charge is 2.21. The van der Waals surface area contributed by atoms with Crippen molar-refractivity contribution in [3.8, 4) is 0 Å². The maximum atomic E-state index is 4.57. The second kappa shape index (κ2) is 22.2. The number of nitrogens with zero attached hydrogens (tertiary/aromatic N) is 2. The van der Waals surface area contributed by atoms with Gasteiger partial charge in [0.2, 0.25) is 0 Å². The first kappa shape index (κ1) is 42.6. The Hall–Kier alpha value is -3.57. The highest BCUT2D eigenvalue weighted by Crippen LogP contribution is 2.36. The van der Waals surface area contributed by atoms with E-state index in [4.69, 9.17) is 0 Å². The zero-order chi connectivity index (χ0) is 39.0. The number of hydrogen-bond acceptors (Lipinski definition) is 2. The quantitative estimate of drug-likeness (QED) is 0.0777. The lowest BCUT2D eigenvalue weighted by molar-refractivity contribution is 0.483. The molecule has 0 heterocycles. The third-order valence-corrected chi connectivity index (χ3v) is 12.3. The highest BCUT2D eigenvalue weighted by atomic mass is 127. The van der Waals surface area contributed by atoms with Crippen molar-refractivity contribution in [1.82, 2.24) is 4.90 Å². The molecule has 0 amide bonds. The molecule has 0 N–H and O–H groups in total. The van der Waals surface area contributed by atoms with Gasteiger partial charge in [0.15, 0.2) is 0 Å². The Morgan fingerprint density at radius 3 is 2.27 bits per heavy atom. The fourth-order valence-corrected chi connectivity index (χ4v) is 8.35. The van der Waals surface area contributed by atoms with Crippen LogP contribution >= 0.6 is 22.6 Å². The molecule has 292 valence electrons. The molecule has 3 heteroatoms. The Balaban J connectivity index is 1.24. The molecular weight excluding hydrogens is 779 g/mol. The number of unbranched alkanes of at least 4 members (excludes halogenated alkanes) is 1. The second-order valence-corrected chi connectivity index (χ2v) is 17.0. The monoisotopic (exact) mass is 846 g/mol. The standard InChI is InChI=1S/C52H67IN2/c1-7-10-13-44-25-35-52(36-26-44)55(51-33-19-41(5)20-34-51)48(9-3)16-11-14-45-23-27-46(28-24-45)47-29-37-50(38-30-47)54(49-31-17-40(4)18-32-49)42(6)21-22-43(8-2)15-12-39-53/h9,11,16-17,19,21-25,27,29-33,35,37-38,40,43,46H,6-8,10,12-15,18,20,26,28,34,36,39H2,1-5H3/b16-11-,22-21-,48-9+. The van der Waals surface area contributed by atoms with Gasteiger partial charge < -0.3 is 9.80 Å². The van der Waals surface area contributed by atoms with Gasteiger partial charge in [0, 0.05) is 40.1 Å². The van der Waals surface area contributed by atoms with Gasteiger partial charge in [-0.25, -0.2) is 0 Å². The van der Waals surface area contributed by atoms with Crippen LogP contribution in [0.25, 0.3) is 0 Å². The van der Waals surface area contributed by atoms with Crippen LogP contribution in [0.5, 0.6) is 0 Å². The Bertz CT molecular complexity index is 1800. The lowest BCUT2D eigenvalue weighted by atomic mass is 9.89. The zero-order valence-corrected chi connectivity index (χ0v) is 36.7. The van der Waals surface area contributed by atoms with Crippen molar-refractivity contribution >= 4 is 28.3 Å². The van der Waals surface area contributed by atoms with E-state index in [0.29, 0.717) is 17.8 Å². The van der Waals surface area contributed by atoms with E-state index in [9.17, 15) is 0 Å². The van der Waals surface area contributed by atoms with Gasteiger partial charge >= 0.3 is 0 Å². The average Bonchev–Trinajstić information content (AvgIpc) is 3.22. The van der Waals surface area contributed by atoms with Crippen LogP contribution in [0.2, 0.25) is 0 Å². The topological polar surface area (TPSA) is 6.48 Å². The molecule has 1 aromatic rings. The van der Waals surface area contributed by atoms with Gasteiger partial charge in [0.1, 0.15) is 0 Å². The lowest BCUT2D eigenvalue weighted by Gasteiger charge is -2.33. The van der Waals surface area contributed by atoms with Crippen molar-refractivity contribution in [2.45, 2.75) is 124 Å². The molecule has 1 aromatic carbocycles. The zero-order valence-electron chi connectivity index (χ0n) is 34.6. The Morgan fingerprint density at radius 1 is 0.891 bits per heavy atom. The maximum Gasteiger partial charge on any atom is 0.0461 e. The first-order valence-electron chi connectivity index (χ1n) is 21.3. The maximum absolute atomic E-state index is 4.57. The number of allylic oxidation sites excluding steroid dienone is 20. The minimum Gasteiger partial charge on any atom is -0.318 e. The van der Waals surface area contributed by atoms with E-state index in [1.54, 1.807) is 5.57 Å². The molecule has 3 atom stereocenters. The lowest BCUT2D eigenvalue weighted by Crippen LogP contribution is -2.23. The molecule has 0 bridgehead atoms. The molecule has 0 saturated heterocycles. The van der Waals surface area contributed by atoms with Gasteiger partial charge in [-0.05, 0) is 161 Å². The summed E-state index contributed by atoms with van der Waals surface area (Å²) in [7, 11) is 0. The Kier molecular flexibility index (Phi) is 17.2. The van der Waals surface area contributed by atoms with Crippen molar-refractivity contribution in [1.29, 1.82) is 0 Å². The van der Waals surface area contributed by atoms with Crippen molar-refractivity contribution in [3.05, 3.63) is 173 Å². The van der Waals surface area contributed by atoms with Crippen LogP contribution in [0, 0.1) is 11.8 Å². The van der Waals surface area contributed by atoms with Crippen LogP contribution in [0.15, 0.2) is 167 Å². The molecule has 55 heavy (non-hydrogen) atoms. The van der Waals surface area contributed by atoms with E-state index in [-0.39, 0.29) is 0 Å². The summed E-state index contributed by atoms with van der Waals surface area (Å²) in [4.78, 5) is 4.88. The Labute approximate surface area is 349 Å². The van der Waals surface area contributed by atoms with Crippen LogP contribution in [0.1, 0.15) is 130 Å². The molecule has 0 radical (unpaired) electrons. The van der Waals surface area contributed by atoms with E-state index < -0.39 is 0 Å². The van der Waals surface area contributed by atoms with Gasteiger partial charge in [0.05, 0.1) is 0 Å². The van der Waals surface area contributed by atoms with E-state index in [1.807, 2.05) is 0 Å². The van der Waals surface area contributed by atoms with Gasteiger partial charge in [-0.15, -0.1) is 0 Å². The molecule has 3 unspecified atom stereocenters. The predicted molar refractivity (Wildman–Crippen MR) is 250 cm³/mol. The van der Waals surface area contributed by atoms with Crippen LogP contribution < -0.4 is 4.90 Å². The van der Waals surface area contributed by atoms with E-state index in [2.05, 4.69) is 189 Å². The van der Waals surface area contributed by atoms with Crippen molar-refractivity contribution in [2.75, 3.05) is 9.33 Å². The van der Waals surface area contributed by atoms with Gasteiger partial charge in [-0.2, -0.15) is 0 Å². The number of halogens is 1. The summed E-state index contributed by atoms with van der Waals surface area (Å²) in [5.74, 6) is 1.56. The number of hydrogen-bond donors (Lipinski definition) is 0. The summed E-state index contributed by atoms with van der Waals surface area (Å²) in [5.41, 5.74) is 13.3. The molecule has 0 aliphatic heterocycles. The van der Waals surface area contributed by atoms with Gasteiger partial charge in [0.25, 0.3) is 0 Å². The largest absolute Gasteiger partial charge is 0.318 e. The average molecular weight is 847 g/mol. The molecule has 4 aliphatic rings. The van der Waals surface area contributed by atoms with E-state index in [0.717, 1.165) is 44.2 Å². The first-order valence-corrected chi connectivity index (χ1v) is 22.8. The molecule has 4 aliphatic carbocycles. The molecule has 0 fully saturated rings. The molecule has 0 spiro atoms. The smallest absolute Gasteiger partial charge is 0.0461 e. The normalized spacial score (nSPS) is 20.8. The molecule has 5 rings (SSSR count). The Morgan fingerprint density at radius 2 is 1.67 bits per heavy atom. The minimum atomic E-state index is 0.390. The number of rotatable bonds is 19. The number of alkyl halides is 1. The minimum absolute atomic E-state index is 0.390. The SMILES string of the molecule is C=C(/C=C\C(CC)CCCI)N(C1=CCC(C)C=C1)c1ccc(C2C=CC(C/C=C\C(=C/C)N(C3=CC=C(C)CC3)C3=CC=C(CCCC)CC3)=CC2)cc1. The first-order chi connectivity index (χ1) is 26.8. The third kappa shape index (κ3) is 12.5. The molecule has 0 aromatic heterocycles. The summed E-state index contributed by atoms with van der Waals surface area (Å²) >= 11 is 2.49. The summed E-state index contributed by atoms with van der Waals surface area (Å²) in [6.07, 6.45) is 50.2. The van der Waals surface area contributed by atoms with Gasteiger partial charge in [-0.1, -0.05) is 140 Å². The van der Waals surface area contributed by atoms with E-state index >= 15 is 0 Å². The fourth-order valence-electron chi connectivity index (χ4n) is 7.91. The summed E-state index contributed by atoms with van der Waals surface area (Å²) in [6.45, 7) is 15.9. The van der Waals surface area contributed by atoms with Crippen LogP contribution in [-0.4, -0.2) is 9.33 Å². The highest BCUT2D eigenvalue weighted by molar-refractivity contribution is 14.1. The predicted octanol–water partition coefficient (Wildman–Crippen LogP) is 15.8. The van der Waals surface area contributed by atoms with E-state index in [1.165, 1.54) is 94.6 Å². The second-order valence-electron chi connectivity index (χ2n) is 15.9. The summed E-state index contributed by atoms with van der Waals surface area (Å²) < 4.78 is 1.21. The van der Waals surface area contributed by atoms with Crippen molar-refractivity contribution in [3.63, 3.8) is 0 Å². The summed E-state index contributed by atoms with van der Waals surface area (Å²) in [5, 5.41) is 0. The van der Waals surface area contributed by atoms with Crippen molar-refractivity contribution in [2.24, 2.45) is 11.8 Å². The molecule has 2 nitrogen and oxygen atoms in total. The van der Waals surface area contributed by atoms with Crippen LogP contribution in [0.3, 0.4) is 0 Å². The van der Waals surface area contributed by atoms with Crippen LogP contribution in [0.4, 0.5) is 5.69 Å². The fraction of sp³-hybridized carbons (Fsp3) is 0.423.